The van der Waals surface area contributed by atoms with Gasteiger partial charge in [-0.25, -0.2) is 0 Å². The van der Waals surface area contributed by atoms with Crippen molar-refractivity contribution >= 4 is 0 Å². The molecular weight excluding hydrogens is 246 g/mol. The van der Waals surface area contributed by atoms with Gasteiger partial charge in [-0.05, 0) is 61.5 Å². The standard InChI is InChI=1S/C18H27NO/c1-13-7-9-18(20-2,10-8-13)17(19)12-15-11-14-5-3-4-6-16(14)15/h3-6,13,15,17H,7-12,19H2,1-2H3. The van der Waals surface area contributed by atoms with Crippen LogP contribution in [0.3, 0.4) is 0 Å². The molecule has 1 fully saturated rings. The normalized spacial score (nSPS) is 34.1. The monoisotopic (exact) mass is 273 g/mol. The lowest BCUT2D eigenvalue weighted by atomic mass is 9.69. The summed E-state index contributed by atoms with van der Waals surface area (Å²) in [5.41, 5.74) is 9.53. The molecule has 0 amide bonds. The number of nitrogens with two attached hydrogens (primary N) is 1. The van der Waals surface area contributed by atoms with Crippen molar-refractivity contribution < 1.29 is 4.74 Å². The average Bonchev–Trinajstić information content (AvgIpc) is 2.46. The van der Waals surface area contributed by atoms with Crippen LogP contribution < -0.4 is 5.73 Å². The first-order valence-corrected chi connectivity index (χ1v) is 8.03. The fraction of sp³-hybridized carbons (Fsp3) is 0.667. The molecule has 110 valence electrons. The van der Waals surface area contributed by atoms with Gasteiger partial charge in [0.1, 0.15) is 0 Å². The number of hydrogen-bond acceptors (Lipinski definition) is 2. The number of methoxy groups -OCH3 is 1. The number of hydrogen-bond donors (Lipinski definition) is 1. The van der Waals surface area contributed by atoms with Crippen molar-refractivity contribution in [1.82, 2.24) is 0 Å². The van der Waals surface area contributed by atoms with Crippen molar-refractivity contribution in [3.05, 3.63) is 35.4 Å². The molecule has 0 bridgehead atoms. The van der Waals surface area contributed by atoms with E-state index in [9.17, 15) is 0 Å². The Morgan fingerprint density at radius 2 is 2.00 bits per heavy atom. The third-order valence-corrected chi connectivity index (χ3v) is 5.70. The highest BCUT2D eigenvalue weighted by molar-refractivity contribution is 5.40. The zero-order valence-electron chi connectivity index (χ0n) is 12.8. The van der Waals surface area contributed by atoms with E-state index in [4.69, 9.17) is 10.5 Å². The van der Waals surface area contributed by atoms with Crippen LogP contribution in [0.15, 0.2) is 24.3 Å². The average molecular weight is 273 g/mol. The molecule has 0 heterocycles. The van der Waals surface area contributed by atoms with Crippen LogP contribution in [0.1, 0.15) is 56.1 Å². The number of rotatable bonds is 4. The molecule has 0 aliphatic heterocycles. The van der Waals surface area contributed by atoms with Crippen LogP contribution in [0.4, 0.5) is 0 Å². The summed E-state index contributed by atoms with van der Waals surface area (Å²) in [6, 6.07) is 8.95. The summed E-state index contributed by atoms with van der Waals surface area (Å²) in [7, 11) is 1.85. The van der Waals surface area contributed by atoms with Gasteiger partial charge in [-0.1, -0.05) is 31.2 Å². The molecule has 1 aromatic carbocycles. The lowest BCUT2D eigenvalue weighted by molar-refractivity contribution is -0.0692. The van der Waals surface area contributed by atoms with Crippen LogP contribution in [0.2, 0.25) is 0 Å². The first kappa shape index (κ1) is 14.1. The molecule has 2 unspecified atom stereocenters. The topological polar surface area (TPSA) is 35.2 Å². The van der Waals surface area contributed by atoms with Crippen molar-refractivity contribution in [2.24, 2.45) is 11.7 Å². The van der Waals surface area contributed by atoms with Gasteiger partial charge < -0.3 is 10.5 Å². The van der Waals surface area contributed by atoms with Crippen LogP contribution in [0, 0.1) is 5.92 Å². The van der Waals surface area contributed by atoms with E-state index in [0.717, 1.165) is 25.2 Å². The Kier molecular flexibility index (Phi) is 3.87. The molecule has 1 aromatic rings. The summed E-state index contributed by atoms with van der Waals surface area (Å²) >= 11 is 0. The first-order chi connectivity index (χ1) is 9.64. The fourth-order valence-electron chi connectivity index (χ4n) is 4.07. The van der Waals surface area contributed by atoms with E-state index in [0.29, 0.717) is 5.92 Å². The maximum Gasteiger partial charge on any atom is 0.0829 e. The van der Waals surface area contributed by atoms with Gasteiger partial charge in [0.05, 0.1) is 5.60 Å². The molecular formula is C18H27NO. The van der Waals surface area contributed by atoms with Gasteiger partial charge >= 0.3 is 0 Å². The lowest BCUT2D eigenvalue weighted by Crippen LogP contribution is -2.52. The predicted octanol–water partition coefficient (Wildman–Crippen LogP) is 3.64. The van der Waals surface area contributed by atoms with Crippen molar-refractivity contribution in [3.63, 3.8) is 0 Å². The van der Waals surface area contributed by atoms with E-state index in [1.807, 2.05) is 7.11 Å². The quantitative estimate of drug-likeness (QED) is 0.909. The molecule has 2 atom stereocenters. The maximum atomic E-state index is 6.58. The van der Waals surface area contributed by atoms with Crippen molar-refractivity contribution in [2.45, 2.75) is 63.0 Å². The maximum absolute atomic E-state index is 6.58. The zero-order chi connectivity index (χ0) is 14.2. The number of fused-ring (bicyclic) bond motifs is 1. The summed E-state index contributed by atoms with van der Waals surface area (Å²) in [6.45, 7) is 2.34. The molecule has 1 saturated carbocycles. The van der Waals surface area contributed by atoms with Crippen LogP contribution in [-0.4, -0.2) is 18.8 Å². The first-order valence-electron chi connectivity index (χ1n) is 8.03. The predicted molar refractivity (Wildman–Crippen MR) is 82.9 cm³/mol. The van der Waals surface area contributed by atoms with Crippen LogP contribution >= 0.6 is 0 Å². The van der Waals surface area contributed by atoms with Crippen molar-refractivity contribution in [1.29, 1.82) is 0 Å². The Morgan fingerprint density at radius 3 is 2.65 bits per heavy atom. The molecule has 0 radical (unpaired) electrons. The van der Waals surface area contributed by atoms with Crippen molar-refractivity contribution in [3.8, 4) is 0 Å². The molecule has 3 rings (SSSR count). The Balaban J connectivity index is 1.66. The molecule has 2 N–H and O–H groups in total. The molecule has 2 aliphatic carbocycles. The Morgan fingerprint density at radius 1 is 1.30 bits per heavy atom. The second-order valence-corrected chi connectivity index (χ2v) is 6.89. The van der Waals surface area contributed by atoms with Gasteiger partial charge in [-0.2, -0.15) is 0 Å². The van der Waals surface area contributed by atoms with Gasteiger partial charge in [-0.15, -0.1) is 0 Å². The summed E-state index contributed by atoms with van der Waals surface area (Å²) in [5.74, 6) is 1.47. The lowest BCUT2D eigenvalue weighted by Gasteiger charge is -2.44. The second-order valence-electron chi connectivity index (χ2n) is 6.89. The van der Waals surface area contributed by atoms with Crippen LogP contribution in [0.25, 0.3) is 0 Å². The van der Waals surface area contributed by atoms with Gasteiger partial charge in [-0.3, -0.25) is 0 Å². The third kappa shape index (κ3) is 2.40. The molecule has 2 nitrogen and oxygen atoms in total. The molecule has 0 aromatic heterocycles. The van der Waals surface area contributed by atoms with E-state index < -0.39 is 0 Å². The molecule has 20 heavy (non-hydrogen) atoms. The van der Waals surface area contributed by atoms with Crippen molar-refractivity contribution in [2.75, 3.05) is 7.11 Å². The van der Waals surface area contributed by atoms with E-state index in [2.05, 4.69) is 31.2 Å². The SMILES string of the molecule is COC1(C(N)CC2Cc3ccccc32)CCC(C)CC1. The molecule has 0 saturated heterocycles. The highest BCUT2D eigenvalue weighted by atomic mass is 16.5. The van der Waals surface area contributed by atoms with E-state index in [1.165, 1.54) is 30.4 Å². The summed E-state index contributed by atoms with van der Waals surface area (Å²) < 4.78 is 5.92. The van der Waals surface area contributed by atoms with Crippen LogP contribution in [0.5, 0.6) is 0 Å². The number of benzene rings is 1. The highest BCUT2D eigenvalue weighted by Crippen LogP contribution is 2.43. The summed E-state index contributed by atoms with van der Waals surface area (Å²) in [6.07, 6.45) is 7.02. The van der Waals surface area contributed by atoms with E-state index in [-0.39, 0.29) is 11.6 Å². The summed E-state index contributed by atoms with van der Waals surface area (Å²) in [4.78, 5) is 0. The minimum absolute atomic E-state index is 0.0724. The highest BCUT2D eigenvalue weighted by Gasteiger charge is 2.41. The smallest absolute Gasteiger partial charge is 0.0829 e. The van der Waals surface area contributed by atoms with E-state index >= 15 is 0 Å². The minimum atomic E-state index is -0.0724. The largest absolute Gasteiger partial charge is 0.377 e. The molecule has 2 heteroatoms. The minimum Gasteiger partial charge on any atom is -0.377 e. The zero-order valence-corrected chi connectivity index (χ0v) is 12.8. The molecule has 0 spiro atoms. The van der Waals surface area contributed by atoms with Crippen LogP contribution in [-0.2, 0) is 11.2 Å². The Bertz CT molecular complexity index is 462. The summed E-state index contributed by atoms with van der Waals surface area (Å²) in [5, 5.41) is 0. The molecule has 2 aliphatic rings. The van der Waals surface area contributed by atoms with Gasteiger partial charge in [0.25, 0.3) is 0 Å². The fourth-order valence-corrected chi connectivity index (χ4v) is 4.07. The number of ether oxygens (including phenoxy) is 1. The van der Waals surface area contributed by atoms with E-state index in [1.54, 1.807) is 0 Å². The third-order valence-electron chi connectivity index (χ3n) is 5.70. The van der Waals surface area contributed by atoms with Gasteiger partial charge in [0.2, 0.25) is 0 Å². The second kappa shape index (κ2) is 5.50. The van der Waals surface area contributed by atoms with Gasteiger partial charge in [0, 0.05) is 13.2 Å². The Hall–Kier alpha value is -0.860. The Labute approximate surface area is 122 Å². The van der Waals surface area contributed by atoms with Gasteiger partial charge in [0.15, 0.2) is 0 Å².